The molecule has 0 saturated carbocycles. The van der Waals surface area contributed by atoms with Crippen molar-refractivity contribution in [2.24, 2.45) is 0 Å². The van der Waals surface area contributed by atoms with Gasteiger partial charge in [-0.05, 0) is 53.4 Å². The molecule has 3 rings (SSSR count). The molecule has 5 nitrogen and oxygen atoms in total. The van der Waals surface area contributed by atoms with Crippen LogP contribution in [-0.2, 0) is 17.8 Å². The van der Waals surface area contributed by atoms with Crippen molar-refractivity contribution in [2.45, 2.75) is 19.4 Å². The molecule has 29 heavy (non-hydrogen) atoms. The van der Waals surface area contributed by atoms with Gasteiger partial charge in [0.2, 0.25) is 0 Å². The van der Waals surface area contributed by atoms with Gasteiger partial charge in [-0.3, -0.25) is 4.79 Å². The van der Waals surface area contributed by atoms with Crippen LogP contribution in [0, 0.1) is 0 Å². The van der Waals surface area contributed by atoms with E-state index >= 15 is 0 Å². The fourth-order valence-corrected chi connectivity index (χ4v) is 3.12. The average molecular weight is 392 g/mol. The number of aliphatic carboxylic acids is 1. The molecule has 0 aliphatic heterocycles. The summed E-state index contributed by atoms with van der Waals surface area (Å²) in [5.41, 5.74) is 3.89. The molecule has 1 N–H and O–H groups in total. The van der Waals surface area contributed by atoms with E-state index in [-0.39, 0.29) is 6.42 Å². The van der Waals surface area contributed by atoms with Crippen molar-refractivity contribution in [2.75, 3.05) is 14.2 Å². The minimum absolute atomic E-state index is 0.124. The van der Waals surface area contributed by atoms with Gasteiger partial charge < -0.3 is 19.3 Å². The van der Waals surface area contributed by atoms with Crippen molar-refractivity contribution in [1.29, 1.82) is 0 Å². The predicted molar refractivity (Wildman–Crippen MR) is 112 cm³/mol. The summed E-state index contributed by atoms with van der Waals surface area (Å²) < 4.78 is 16.9. The van der Waals surface area contributed by atoms with Crippen LogP contribution in [0.4, 0.5) is 0 Å². The average Bonchev–Trinajstić information content (AvgIpc) is 2.76. The van der Waals surface area contributed by atoms with Crippen LogP contribution in [0.2, 0.25) is 0 Å². The molecule has 0 unspecified atom stereocenters. The van der Waals surface area contributed by atoms with Crippen LogP contribution in [-0.4, -0.2) is 25.3 Å². The number of carboxylic acid groups (broad SMARTS) is 1. The standard InChI is InChI=1S/C24H24O5/c1-27-21-7-4-8-22(28-2)24(21)19-6-3-5-18(15-19)16-29-20-12-9-17(10-13-20)11-14-23(25)26/h3-10,12-13,15H,11,14,16H2,1-2H3,(H,25,26). The fourth-order valence-electron chi connectivity index (χ4n) is 3.12. The Kier molecular flexibility index (Phi) is 6.74. The lowest BCUT2D eigenvalue weighted by molar-refractivity contribution is -0.136. The maximum Gasteiger partial charge on any atom is 0.303 e. The van der Waals surface area contributed by atoms with Crippen molar-refractivity contribution in [3.8, 4) is 28.4 Å². The summed E-state index contributed by atoms with van der Waals surface area (Å²) in [7, 11) is 3.29. The molecule has 0 saturated heterocycles. The summed E-state index contributed by atoms with van der Waals surface area (Å²) in [4.78, 5) is 10.7. The Labute approximate surface area is 170 Å². The van der Waals surface area contributed by atoms with Crippen LogP contribution in [0.5, 0.6) is 17.2 Å². The molecule has 0 radical (unpaired) electrons. The highest BCUT2D eigenvalue weighted by Crippen LogP contribution is 2.38. The van der Waals surface area contributed by atoms with Gasteiger partial charge in [0.05, 0.1) is 19.8 Å². The lowest BCUT2D eigenvalue weighted by Gasteiger charge is -2.14. The molecule has 0 spiro atoms. The number of ether oxygens (including phenoxy) is 3. The number of carboxylic acids is 1. The second kappa shape index (κ2) is 9.64. The monoisotopic (exact) mass is 392 g/mol. The normalized spacial score (nSPS) is 10.4. The molecular formula is C24H24O5. The van der Waals surface area contributed by atoms with Gasteiger partial charge in [-0.2, -0.15) is 0 Å². The Morgan fingerprint density at radius 2 is 1.52 bits per heavy atom. The Morgan fingerprint density at radius 1 is 0.862 bits per heavy atom. The quantitative estimate of drug-likeness (QED) is 0.557. The van der Waals surface area contributed by atoms with Crippen molar-refractivity contribution in [3.05, 3.63) is 77.9 Å². The van der Waals surface area contributed by atoms with Gasteiger partial charge in [0.15, 0.2) is 0 Å². The van der Waals surface area contributed by atoms with Crippen LogP contribution in [0.25, 0.3) is 11.1 Å². The molecule has 5 heteroatoms. The number of carbonyl (C=O) groups is 1. The van der Waals surface area contributed by atoms with E-state index in [4.69, 9.17) is 19.3 Å². The Hall–Kier alpha value is -3.47. The molecule has 0 heterocycles. The smallest absolute Gasteiger partial charge is 0.303 e. The zero-order valence-corrected chi connectivity index (χ0v) is 16.6. The minimum atomic E-state index is -0.795. The molecule has 3 aromatic carbocycles. The Morgan fingerprint density at radius 3 is 2.14 bits per heavy atom. The summed E-state index contributed by atoms with van der Waals surface area (Å²) in [6.07, 6.45) is 0.637. The van der Waals surface area contributed by atoms with Crippen molar-refractivity contribution >= 4 is 5.97 Å². The first kappa shape index (κ1) is 20.3. The summed E-state index contributed by atoms with van der Waals surface area (Å²) in [6.45, 7) is 0.416. The van der Waals surface area contributed by atoms with E-state index < -0.39 is 5.97 Å². The molecule has 0 aliphatic carbocycles. The number of benzene rings is 3. The molecular weight excluding hydrogens is 368 g/mol. The Balaban J connectivity index is 1.72. The van der Waals surface area contributed by atoms with Gasteiger partial charge in [0.1, 0.15) is 23.9 Å². The summed E-state index contributed by atoms with van der Waals surface area (Å²) in [5.74, 6) is 1.44. The molecule has 0 bridgehead atoms. The lowest BCUT2D eigenvalue weighted by atomic mass is 10.0. The van der Waals surface area contributed by atoms with Gasteiger partial charge in [0, 0.05) is 6.42 Å². The first-order valence-electron chi connectivity index (χ1n) is 9.34. The van der Waals surface area contributed by atoms with Gasteiger partial charge in [0.25, 0.3) is 0 Å². The van der Waals surface area contributed by atoms with E-state index in [0.29, 0.717) is 13.0 Å². The van der Waals surface area contributed by atoms with Crippen LogP contribution >= 0.6 is 0 Å². The van der Waals surface area contributed by atoms with E-state index in [1.54, 1.807) is 14.2 Å². The third-order valence-electron chi connectivity index (χ3n) is 4.60. The molecule has 0 atom stereocenters. The van der Waals surface area contributed by atoms with Crippen molar-refractivity contribution < 1.29 is 24.1 Å². The molecule has 0 aliphatic rings. The third-order valence-corrected chi connectivity index (χ3v) is 4.60. The fraction of sp³-hybridized carbons (Fsp3) is 0.208. The summed E-state index contributed by atoms with van der Waals surface area (Å²) >= 11 is 0. The van der Waals surface area contributed by atoms with Gasteiger partial charge in [-0.15, -0.1) is 0 Å². The third kappa shape index (κ3) is 5.29. The first-order chi connectivity index (χ1) is 14.1. The predicted octanol–water partition coefficient (Wildman–Crippen LogP) is 4.97. The Bertz CT molecular complexity index is 941. The number of rotatable bonds is 9. The highest BCUT2D eigenvalue weighted by molar-refractivity contribution is 5.77. The van der Waals surface area contributed by atoms with E-state index in [2.05, 4.69) is 6.07 Å². The van der Waals surface area contributed by atoms with Gasteiger partial charge in [-0.1, -0.05) is 36.4 Å². The number of methoxy groups -OCH3 is 2. The molecule has 0 aromatic heterocycles. The molecule has 3 aromatic rings. The summed E-state index contributed by atoms with van der Waals surface area (Å²) in [6, 6.07) is 21.3. The molecule has 0 fully saturated rings. The van der Waals surface area contributed by atoms with Crippen LogP contribution < -0.4 is 14.2 Å². The number of hydrogen-bond donors (Lipinski definition) is 1. The van der Waals surface area contributed by atoms with Gasteiger partial charge in [-0.25, -0.2) is 0 Å². The maximum absolute atomic E-state index is 10.7. The van der Waals surface area contributed by atoms with E-state index in [0.717, 1.165) is 39.5 Å². The highest BCUT2D eigenvalue weighted by atomic mass is 16.5. The minimum Gasteiger partial charge on any atom is -0.496 e. The maximum atomic E-state index is 10.7. The SMILES string of the molecule is COc1cccc(OC)c1-c1cccc(COc2ccc(CCC(=O)O)cc2)c1. The van der Waals surface area contributed by atoms with Gasteiger partial charge >= 0.3 is 5.97 Å². The van der Waals surface area contributed by atoms with E-state index in [1.165, 1.54) is 0 Å². The van der Waals surface area contributed by atoms with E-state index in [9.17, 15) is 4.79 Å². The van der Waals surface area contributed by atoms with Crippen molar-refractivity contribution in [1.82, 2.24) is 0 Å². The number of hydrogen-bond acceptors (Lipinski definition) is 4. The molecule has 0 amide bonds. The second-order valence-corrected chi connectivity index (χ2v) is 6.56. The van der Waals surface area contributed by atoms with Crippen LogP contribution in [0.3, 0.4) is 0 Å². The zero-order chi connectivity index (χ0) is 20.6. The van der Waals surface area contributed by atoms with Crippen LogP contribution in [0.1, 0.15) is 17.5 Å². The zero-order valence-electron chi connectivity index (χ0n) is 16.6. The van der Waals surface area contributed by atoms with Crippen molar-refractivity contribution in [3.63, 3.8) is 0 Å². The largest absolute Gasteiger partial charge is 0.496 e. The second-order valence-electron chi connectivity index (χ2n) is 6.56. The lowest BCUT2D eigenvalue weighted by Crippen LogP contribution is -1.99. The number of aryl methyl sites for hydroxylation is 1. The summed E-state index contributed by atoms with van der Waals surface area (Å²) in [5, 5.41) is 8.77. The van der Waals surface area contributed by atoms with Crippen LogP contribution in [0.15, 0.2) is 66.7 Å². The molecule has 150 valence electrons. The topological polar surface area (TPSA) is 65.0 Å². The van der Waals surface area contributed by atoms with E-state index in [1.807, 2.05) is 60.7 Å². The highest BCUT2D eigenvalue weighted by Gasteiger charge is 2.12. The first-order valence-corrected chi connectivity index (χ1v) is 9.34.